The molecule has 3 N–H and O–H groups in total. The third-order valence-corrected chi connectivity index (χ3v) is 2.16. The number of benzene rings is 1. The van der Waals surface area contributed by atoms with E-state index in [9.17, 15) is 9.18 Å². The second-order valence-electron chi connectivity index (χ2n) is 3.49. The number of nitrogens with one attached hydrogen (secondary N) is 1. The number of amides is 1. The lowest BCUT2D eigenvalue weighted by atomic mass is 10.2. The van der Waals surface area contributed by atoms with E-state index >= 15 is 0 Å². The molecule has 0 radical (unpaired) electrons. The van der Waals surface area contributed by atoms with Crippen molar-refractivity contribution in [1.29, 1.82) is 0 Å². The zero-order valence-corrected chi connectivity index (χ0v) is 8.88. The number of halogens is 1. The van der Waals surface area contributed by atoms with Crippen LogP contribution in [0.15, 0.2) is 18.2 Å². The van der Waals surface area contributed by atoms with Crippen LogP contribution in [0.1, 0.15) is 18.9 Å². The lowest BCUT2D eigenvalue weighted by Crippen LogP contribution is -2.35. The number of hydrogen-bond donors (Lipinski definition) is 2. The predicted octanol–water partition coefficient (Wildman–Crippen LogP) is 1.81. The van der Waals surface area contributed by atoms with Gasteiger partial charge in [0.15, 0.2) is 0 Å². The number of hydrogen-bond acceptors (Lipinski definition) is 2. The first-order valence-corrected chi connectivity index (χ1v) is 4.87. The molecule has 0 aromatic heterocycles. The van der Waals surface area contributed by atoms with Crippen molar-refractivity contribution in [2.75, 3.05) is 5.32 Å². The summed E-state index contributed by atoms with van der Waals surface area (Å²) in [5, 5.41) is 2.45. The van der Waals surface area contributed by atoms with Crippen LogP contribution in [0.3, 0.4) is 0 Å². The van der Waals surface area contributed by atoms with E-state index in [1.807, 2.05) is 0 Å². The Morgan fingerprint density at radius 2 is 2.27 bits per heavy atom. The van der Waals surface area contributed by atoms with E-state index in [0.29, 0.717) is 6.42 Å². The van der Waals surface area contributed by atoms with E-state index in [1.54, 1.807) is 19.9 Å². The second-order valence-corrected chi connectivity index (χ2v) is 3.49. The maximum Gasteiger partial charge on any atom is 0.241 e. The van der Waals surface area contributed by atoms with Crippen molar-refractivity contribution in [2.24, 2.45) is 5.73 Å². The summed E-state index contributed by atoms with van der Waals surface area (Å²) in [5.41, 5.74) is 6.50. The number of aryl methyl sites for hydroxylation is 1. The van der Waals surface area contributed by atoms with Crippen LogP contribution in [0, 0.1) is 12.7 Å². The van der Waals surface area contributed by atoms with Gasteiger partial charge in [0.1, 0.15) is 5.82 Å². The molecule has 3 nitrogen and oxygen atoms in total. The Labute approximate surface area is 88.5 Å². The summed E-state index contributed by atoms with van der Waals surface area (Å²) in [4.78, 5) is 11.4. The third-order valence-electron chi connectivity index (χ3n) is 2.16. The molecule has 1 rings (SSSR count). The molecular weight excluding hydrogens is 195 g/mol. The van der Waals surface area contributed by atoms with Gasteiger partial charge in [-0.1, -0.05) is 13.0 Å². The summed E-state index contributed by atoms with van der Waals surface area (Å²) < 4.78 is 13.3. The first-order chi connectivity index (χ1) is 7.04. The molecule has 0 aliphatic rings. The van der Waals surface area contributed by atoms with Crippen molar-refractivity contribution in [1.82, 2.24) is 0 Å². The van der Waals surface area contributed by atoms with E-state index in [1.165, 1.54) is 12.1 Å². The van der Waals surface area contributed by atoms with Gasteiger partial charge in [0.05, 0.1) is 11.7 Å². The topological polar surface area (TPSA) is 55.1 Å². The maximum absolute atomic E-state index is 13.3. The number of carbonyl (C=O) groups is 1. The van der Waals surface area contributed by atoms with Crippen molar-refractivity contribution in [3.63, 3.8) is 0 Å². The van der Waals surface area contributed by atoms with E-state index in [0.717, 1.165) is 5.56 Å². The molecule has 82 valence electrons. The Balaban J connectivity index is 2.77. The van der Waals surface area contributed by atoms with Gasteiger partial charge in [-0.15, -0.1) is 0 Å². The van der Waals surface area contributed by atoms with Crippen molar-refractivity contribution in [2.45, 2.75) is 26.3 Å². The molecule has 15 heavy (non-hydrogen) atoms. The Morgan fingerprint density at radius 1 is 1.60 bits per heavy atom. The molecule has 0 aliphatic heterocycles. The van der Waals surface area contributed by atoms with Gasteiger partial charge in [-0.2, -0.15) is 0 Å². The van der Waals surface area contributed by atoms with Gasteiger partial charge in [-0.05, 0) is 31.0 Å². The zero-order valence-electron chi connectivity index (χ0n) is 8.88. The van der Waals surface area contributed by atoms with E-state index in [4.69, 9.17) is 5.73 Å². The highest BCUT2D eigenvalue weighted by atomic mass is 19.1. The highest BCUT2D eigenvalue weighted by Gasteiger charge is 2.12. The maximum atomic E-state index is 13.3. The SMILES string of the molecule is CCC(N)C(=O)Nc1ccc(C)cc1F. The van der Waals surface area contributed by atoms with Crippen molar-refractivity contribution >= 4 is 11.6 Å². The van der Waals surface area contributed by atoms with Gasteiger partial charge in [0, 0.05) is 0 Å². The van der Waals surface area contributed by atoms with E-state index < -0.39 is 11.9 Å². The summed E-state index contributed by atoms with van der Waals surface area (Å²) in [5.74, 6) is -0.799. The zero-order chi connectivity index (χ0) is 11.4. The fourth-order valence-corrected chi connectivity index (χ4v) is 1.13. The first-order valence-electron chi connectivity index (χ1n) is 4.87. The summed E-state index contributed by atoms with van der Waals surface area (Å²) in [6, 6.07) is 4.04. The molecule has 0 saturated carbocycles. The standard InChI is InChI=1S/C11H15FN2O/c1-3-9(13)11(15)14-10-5-4-7(2)6-8(10)12/h4-6,9H,3,13H2,1-2H3,(H,14,15). The number of rotatable bonds is 3. The molecule has 0 fully saturated rings. The smallest absolute Gasteiger partial charge is 0.241 e. The van der Waals surface area contributed by atoms with Crippen LogP contribution in [0.25, 0.3) is 0 Å². The van der Waals surface area contributed by atoms with Crippen LogP contribution in [-0.2, 0) is 4.79 Å². The average molecular weight is 210 g/mol. The first kappa shape index (κ1) is 11.7. The van der Waals surface area contributed by atoms with Gasteiger partial charge in [0.2, 0.25) is 5.91 Å². The minimum absolute atomic E-state index is 0.175. The normalized spacial score (nSPS) is 12.3. The summed E-state index contributed by atoms with van der Waals surface area (Å²) in [6.45, 7) is 3.59. The van der Waals surface area contributed by atoms with Crippen LogP contribution in [0.4, 0.5) is 10.1 Å². The van der Waals surface area contributed by atoms with Gasteiger partial charge >= 0.3 is 0 Å². The highest BCUT2D eigenvalue weighted by Crippen LogP contribution is 2.15. The Hall–Kier alpha value is -1.42. The molecule has 0 bridgehead atoms. The molecule has 1 aromatic carbocycles. The molecule has 0 aliphatic carbocycles. The largest absolute Gasteiger partial charge is 0.322 e. The van der Waals surface area contributed by atoms with Gasteiger partial charge < -0.3 is 11.1 Å². The molecule has 1 unspecified atom stereocenters. The van der Waals surface area contributed by atoms with Crippen molar-refractivity contribution < 1.29 is 9.18 Å². The molecule has 0 saturated heterocycles. The van der Waals surface area contributed by atoms with Crippen LogP contribution >= 0.6 is 0 Å². The number of anilines is 1. The molecule has 4 heteroatoms. The van der Waals surface area contributed by atoms with Crippen LogP contribution in [0.2, 0.25) is 0 Å². The second kappa shape index (κ2) is 4.89. The molecular formula is C11H15FN2O. The van der Waals surface area contributed by atoms with E-state index in [-0.39, 0.29) is 11.6 Å². The number of nitrogens with two attached hydrogens (primary N) is 1. The Kier molecular flexibility index (Phi) is 3.80. The molecule has 1 amide bonds. The number of carbonyl (C=O) groups excluding carboxylic acids is 1. The molecule has 1 atom stereocenters. The fraction of sp³-hybridized carbons (Fsp3) is 0.364. The van der Waals surface area contributed by atoms with Crippen molar-refractivity contribution in [3.8, 4) is 0 Å². The lowest BCUT2D eigenvalue weighted by Gasteiger charge is -2.10. The lowest BCUT2D eigenvalue weighted by molar-refractivity contribution is -0.117. The van der Waals surface area contributed by atoms with Crippen LogP contribution in [0.5, 0.6) is 0 Å². The van der Waals surface area contributed by atoms with Gasteiger partial charge in [-0.25, -0.2) is 4.39 Å². The predicted molar refractivity (Wildman–Crippen MR) is 58.0 cm³/mol. The summed E-state index contributed by atoms with van der Waals surface area (Å²) in [7, 11) is 0. The monoisotopic (exact) mass is 210 g/mol. The van der Waals surface area contributed by atoms with Gasteiger partial charge in [-0.3, -0.25) is 4.79 Å². The summed E-state index contributed by atoms with van der Waals surface area (Å²) >= 11 is 0. The fourth-order valence-electron chi connectivity index (χ4n) is 1.13. The minimum atomic E-state index is -0.592. The third kappa shape index (κ3) is 3.02. The van der Waals surface area contributed by atoms with Crippen LogP contribution < -0.4 is 11.1 Å². The summed E-state index contributed by atoms with van der Waals surface area (Å²) in [6.07, 6.45) is 0.527. The Morgan fingerprint density at radius 3 is 2.80 bits per heavy atom. The van der Waals surface area contributed by atoms with E-state index in [2.05, 4.69) is 5.32 Å². The molecule has 0 spiro atoms. The van der Waals surface area contributed by atoms with Crippen LogP contribution in [-0.4, -0.2) is 11.9 Å². The molecule has 0 heterocycles. The Bertz CT molecular complexity index is 366. The highest BCUT2D eigenvalue weighted by molar-refractivity contribution is 5.94. The minimum Gasteiger partial charge on any atom is -0.322 e. The quantitative estimate of drug-likeness (QED) is 0.799. The van der Waals surface area contributed by atoms with Crippen molar-refractivity contribution in [3.05, 3.63) is 29.6 Å². The van der Waals surface area contributed by atoms with Gasteiger partial charge in [0.25, 0.3) is 0 Å². The molecule has 1 aromatic rings. The average Bonchev–Trinajstić information content (AvgIpc) is 2.20.